The number of hydrogen-bond donors (Lipinski definition) is 2. The molecule has 0 bridgehead atoms. The maximum atomic E-state index is 13.5. The largest absolute Gasteiger partial charge is 0.493 e. The molecule has 1 aliphatic heterocycles. The van der Waals surface area contributed by atoms with Crippen LogP contribution in [0.1, 0.15) is 16.7 Å². The number of methoxy groups -OCH3 is 2. The van der Waals surface area contributed by atoms with Gasteiger partial charge >= 0.3 is 0 Å². The first-order valence-electron chi connectivity index (χ1n) is 12.3. The van der Waals surface area contributed by atoms with Gasteiger partial charge in [0.05, 0.1) is 44.5 Å². The van der Waals surface area contributed by atoms with E-state index in [-0.39, 0.29) is 30.2 Å². The van der Waals surface area contributed by atoms with E-state index in [0.717, 1.165) is 22.9 Å². The first-order chi connectivity index (χ1) is 18.9. The number of aromatic nitrogens is 2. The lowest BCUT2D eigenvalue weighted by Crippen LogP contribution is -2.30. The van der Waals surface area contributed by atoms with Crippen molar-refractivity contribution in [3.8, 4) is 11.5 Å². The Morgan fingerprint density at radius 3 is 2.67 bits per heavy atom. The molecule has 3 heterocycles. The molecule has 12 heteroatoms. The van der Waals surface area contributed by atoms with E-state index in [2.05, 4.69) is 10.3 Å². The Morgan fingerprint density at radius 2 is 1.92 bits per heavy atom. The maximum absolute atomic E-state index is 13.5. The fourth-order valence-electron chi connectivity index (χ4n) is 4.03. The summed E-state index contributed by atoms with van der Waals surface area (Å²) in [4.78, 5) is 33.4. The average molecular weight is 571 g/mol. The van der Waals surface area contributed by atoms with Gasteiger partial charge in [0.15, 0.2) is 11.5 Å². The predicted molar refractivity (Wildman–Crippen MR) is 156 cm³/mol. The number of nitrogens with one attached hydrogen (secondary N) is 1. The van der Waals surface area contributed by atoms with Crippen molar-refractivity contribution >= 4 is 51.7 Å². The summed E-state index contributed by atoms with van der Waals surface area (Å²) in [5, 5.41) is 12.0. The minimum Gasteiger partial charge on any atom is -0.493 e. The molecule has 0 spiro atoms. The number of thiocarbonyl (C=S) groups is 1. The summed E-state index contributed by atoms with van der Waals surface area (Å²) in [6.45, 7) is 3.08. The SMILES string of the molecule is COc1ccc(CCN2C(=O)C(=Cc3c(NCCOCCO)nc4ccc(C)cn4c3=O)SC2=S)cc1OC. The van der Waals surface area contributed by atoms with Crippen molar-refractivity contribution in [3.63, 3.8) is 0 Å². The lowest BCUT2D eigenvalue weighted by molar-refractivity contribution is -0.122. The van der Waals surface area contributed by atoms with Gasteiger partial charge in [-0.05, 0) is 48.7 Å². The highest BCUT2D eigenvalue weighted by molar-refractivity contribution is 8.26. The number of aryl methyl sites for hydroxylation is 1. The molecular weight excluding hydrogens is 540 g/mol. The molecule has 1 fully saturated rings. The van der Waals surface area contributed by atoms with Gasteiger partial charge in [0, 0.05) is 19.3 Å². The molecule has 0 aliphatic carbocycles. The molecule has 10 nitrogen and oxygen atoms in total. The third-order valence-corrected chi connectivity index (χ3v) is 7.38. The molecule has 2 N–H and O–H groups in total. The van der Waals surface area contributed by atoms with Crippen LogP contribution in [0.4, 0.5) is 5.82 Å². The molecule has 4 rings (SSSR count). The molecule has 1 amide bonds. The van der Waals surface area contributed by atoms with Crippen molar-refractivity contribution in [1.29, 1.82) is 0 Å². The van der Waals surface area contributed by atoms with Crippen LogP contribution >= 0.6 is 24.0 Å². The summed E-state index contributed by atoms with van der Waals surface area (Å²) in [5.41, 5.74) is 2.28. The number of pyridine rings is 1. The molecule has 3 aromatic rings. The van der Waals surface area contributed by atoms with Crippen LogP contribution in [0.5, 0.6) is 11.5 Å². The molecule has 206 valence electrons. The van der Waals surface area contributed by atoms with E-state index in [0.29, 0.717) is 58.3 Å². The summed E-state index contributed by atoms with van der Waals surface area (Å²) < 4.78 is 17.9. The van der Waals surface area contributed by atoms with Crippen molar-refractivity contribution in [2.45, 2.75) is 13.3 Å². The lowest BCUT2D eigenvalue weighted by atomic mass is 10.1. The highest BCUT2D eigenvalue weighted by Crippen LogP contribution is 2.34. The first-order valence-corrected chi connectivity index (χ1v) is 13.5. The molecule has 1 saturated heterocycles. The minimum atomic E-state index is -0.307. The zero-order valence-electron chi connectivity index (χ0n) is 21.9. The number of anilines is 1. The van der Waals surface area contributed by atoms with Gasteiger partial charge in [0.1, 0.15) is 15.8 Å². The second-order valence-electron chi connectivity index (χ2n) is 8.65. The van der Waals surface area contributed by atoms with E-state index < -0.39 is 0 Å². The number of fused-ring (bicyclic) bond motifs is 1. The topological polar surface area (TPSA) is 115 Å². The number of nitrogens with zero attached hydrogens (tertiary/aromatic N) is 3. The Kier molecular flexibility index (Phi) is 9.57. The summed E-state index contributed by atoms with van der Waals surface area (Å²) in [5.74, 6) is 1.31. The van der Waals surface area contributed by atoms with Crippen molar-refractivity contribution in [2.75, 3.05) is 52.4 Å². The first kappa shape index (κ1) is 28.6. The number of thioether (sulfide) groups is 1. The molecule has 1 aromatic carbocycles. The van der Waals surface area contributed by atoms with E-state index in [1.807, 2.05) is 31.2 Å². The number of aliphatic hydroxyl groups excluding tert-OH is 1. The van der Waals surface area contributed by atoms with Crippen molar-refractivity contribution in [2.24, 2.45) is 0 Å². The van der Waals surface area contributed by atoms with Gasteiger partial charge < -0.3 is 24.6 Å². The molecule has 39 heavy (non-hydrogen) atoms. The van der Waals surface area contributed by atoms with Crippen LogP contribution in [0.3, 0.4) is 0 Å². The second-order valence-corrected chi connectivity index (χ2v) is 10.3. The van der Waals surface area contributed by atoms with E-state index in [1.165, 1.54) is 9.30 Å². The van der Waals surface area contributed by atoms with Crippen LogP contribution in [0.2, 0.25) is 0 Å². The van der Waals surface area contributed by atoms with Crippen LogP contribution in [-0.4, -0.2) is 76.7 Å². The number of carbonyl (C=O) groups is 1. The van der Waals surface area contributed by atoms with Gasteiger partial charge in [-0.3, -0.25) is 18.9 Å². The van der Waals surface area contributed by atoms with Gasteiger partial charge in [0.25, 0.3) is 11.5 Å². The van der Waals surface area contributed by atoms with Crippen LogP contribution in [0, 0.1) is 6.92 Å². The third kappa shape index (κ3) is 6.59. The van der Waals surface area contributed by atoms with Crippen LogP contribution < -0.4 is 20.3 Å². The number of ether oxygens (including phenoxy) is 3. The highest BCUT2D eigenvalue weighted by Gasteiger charge is 2.32. The predicted octanol–water partition coefficient (Wildman–Crippen LogP) is 2.88. The van der Waals surface area contributed by atoms with Crippen molar-refractivity contribution in [3.05, 3.63) is 68.5 Å². The fraction of sp³-hybridized carbons (Fsp3) is 0.333. The van der Waals surface area contributed by atoms with Crippen molar-refractivity contribution in [1.82, 2.24) is 14.3 Å². The molecule has 0 unspecified atom stereocenters. The lowest BCUT2D eigenvalue weighted by Gasteiger charge is -2.15. The third-order valence-electron chi connectivity index (χ3n) is 6.00. The van der Waals surface area contributed by atoms with Crippen LogP contribution in [-0.2, 0) is 16.0 Å². The Labute approximate surface area is 235 Å². The molecule has 0 radical (unpaired) electrons. The molecule has 0 saturated carbocycles. The second kappa shape index (κ2) is 13.1. The van der Waals surface area contributed by atoms with Gasteiger partial charge in [0.2, 0.25) is 0 Å². The zero-order chi connectivity index (χ0) is 27.9. The van der Waals surface area contributed by atoms with Crippen molar-refractivity contribution < 1.29 is 24.1 Å². The quantitative estimate of drug-likeness (QED) is 0.191. The Morgan fingerprint density at radius 1 is 1.13 bits per heavy atom. The molecule has 2 aromatic heterocycles. The summed E-state index contributed by atoms with van der Waals surface area (Å²) >= 11 is 6.67. The fourth-order valence-corrected chi connectivity index (χ4v) is 5.32. The Balaban J connectivity index is 1.59. The number of benzene rings is 1. The minimum absolute atomic E-state index is 0.0754. The molecule has 0 atom stereocenters. The van der Waals surface area contributed by atoms with Crippen LogP contribution in [0.25, 0.3) is 11.7 Å². The van der Waals surface area contributed by atoms with Crippen LogP contribution in [0.15, 0.2) is 46.2 Å². The summed E-state index contributed by atoms with van der Waals surface area (Å²) in [6, 6.07) is 9.25. The van der Waals surface area contributed by atoms with E-state index in [1.54, 1.807) is 32.6 Å². The zero-order valence-corrected chi connectivity index (χ0v) is 23.6. The monoisotopic (exact) mass is 570 g/mol. The number of hydrogen-bond acceptors (Lipinski definition) is 10. The normalized spacial score (nSPS) is 14.5. The standard InChI is InChI=1S/C27H30N4O6S2/c1-17-4-7-23-29-24(28-9-12-37-13-11-32)19(25(33)31(23)16-17)15-22-26(34)30(27(38)39-22)10-8-18-5-6-20(35-2)21(14-18)36-3/h4-7,14-16,28,32H,8-13H2,1-3H3. The summed E-state index contributed by atoms with van der Waals surface area (Å²) in [7, 11) is 3.15. The van der Waals surface area contributed by atoms with Gasteiger partial charge in [-0.25, -0.2) is 4.98 Å². The Bertz CT molecular complexity index is 1470. The van der Waals surface area contributed by atoms with E-state index >= 15 is 0 Å². The number of rotatable bonds is 12. The van der Waals surface area contributed by atoms with Gasteiger partial charge in [-0.1, -0.05) is 36.1 Å². The average Bonchev–Trinajstić information content (AvgIpc) is 3.20. The molecule has 1 aliphatic rings. The highest BCUT2D eigenvalue weighted by atomic mass is 32.2. The van der Waals surface area contributed by atoms with E-state index in [4.69, 9.17) is 31.5 Å². The number of amides is 1. The smallest absolute Gasteiger partial charge is 0.267 e. The van der Waals surface area contributed by atoms with E-state index in [9.17, 15) is 9.59 Å². The number of aliphatic hydroxyl groups is 1. The maximum Gasteiger partial charge on any atom is 0.267 e. The van der Waals surface area contributed by atoms with Gasteiger partial charge in [-0.2, -0.15) is 0 Å². The van der Waals surface area contributed by atoms with Gasteiger partial charge in [-0.15, -0.1) is 0 Å². The summed E-state index contributed by atoms with van der Waals surface area (Å²) in [6.07, 6.45) is 3.82. The number of carbonyl (C=O) groups excluding carboxylic acids is 1. The Hall–Kier alpha value is -3.45. The molecular formula is C27H30N4O6S2.